The molecule has 0 radical (unpaired) electrons. The van der Waals surface area contributed by atoms with Gasteiger partial charge in [0.2, 0.25) is 5.95 Å². The van der Waals surface area contributed by atoms with E-state index in [4.69, 9.17) is 0 Å². The fourth-order valence-electron chi connectivity index (χ4n) is 4.23. The van der Waals surface area contributed by atoms with Crippen molar-refractivity contribution < 1.29 is 13.6 Å². The molecule has 4 aromatic heterocycles. The maximum Gasteiger partial charge on any atom is 0.271 e. The van der Waals surface area contributed by atoms with Gasteiger partial charge in [-0.3, -0.25) is 14.5 Å². The first-order chi connectivity index (χ1) is 16.8. The summed E-state index contributed by atoms with van der Waals surface area (Å²) in [6.45, 7) is 4.58. The Morgan fingerprint density at radius 2 is 2.03 bits per heavy atom. The summed E-state index contributed by atoms with van der Waals surface area (Å²) in [6.07, 6.45) is 4.10. The lowest BCUT2D eigenvalue weighted by Crippen LogP contribution is -2.45. The number of carbonyl (C=O) groups is 1. The predicted octanol–water partition coefficient (Wildman–Crippen LogP) is 4.11. The first-order valence-corrected chi connectivity index (χ1v) is 11.1. The molecule has 0 aromatic carbocycles. The fourth-order valence-corrected chi connectivity index (χ4v) is 4.23. The summed E-state index contributed by atoms with van der Waals surface area (Å²) in [5.74, 6) is 0.990. The van der Waals surface area contributed by atoms with Crippen molar-refractivity contribution in [3.8, 4) is 11.3 Å². The molecule has 0 aliphatic carbocycles. The number of carbonyl (C=O) groups excluding carboxylic acids is 1. The Balaban J connectivity index is 1.42. The molecule has 11 heteroatoms. The zero-order valence-corrected chi connectivity index (χ0v) is 19.5. The number of hydrogen-bond acceptors (Lipinski definition) is 6. The lowest BCUT2D eigenvalue weighted by molar-refractivity contribution is 0.0592. The molecule has 0 spiro atoms. The molecule has 1 unspecified atom stereocenters. The molecular weight excluding hydrogens is 454 g/mol. The number of anilines is 2. The van der Waals surface area contributed by atoms with Gasteiger partial charge in [-0.25, -0.2) is 18.7 Å². The van der Waals surface area contributed by atoms with Crippen LogP contribution in [0.15, 0.2) is 49.1 Å². The Bertz CT molecular complexity index is 1400. The van der Waals surface area contributed by atoms with Gasteiger partial charge in [-0.05, 0) is 37.6 Å². The van der Waals surface area contributed by atoms with Gasteiger partial charge in [0.25, 0.3) is 12.3 Å². The van der Waals surface area contributed by atoms with E-state index in [1.807, 2.05) is 43.8 Å². The number of pyridine rings is 1. The van der Waals surface area contributed by atoms with E-state index in [0.29, 0.717) is 29.6 Å². The Morgan fingerprint density at radius 3 is 2.77 bits per heavy atom. The highest BCUT2D eigenvalue weighted by molar-refractivity contribution is 5.95. The Morgan fingerprint density at radius 1 is 1.20 bits per heavy atom. The quantitative estimate of drug-likeness (QED) is 0.448. The molecule has 1 aliphatic rings. The zero-order chi connectivity index (χ0) is 24.7. The van der Waals surface area contributed by atoms with Crippen molar-refractivity contribution in [2.24, 2.45) is 7.05 Å². The molecule has 35 heavy (non-hydrogen) atoms. The zero-order valence-electron chi connectivity index (χ0n) is 19.5. The molecule has 0 bridgehead atoms. The highest BCUT2D eigenvalue weighted by Gasteiger charge is 2.31. The number of aryl methyl sites for hydroxylation is 2. The monoisotopic (exact) mass is 478 g/mol. The molecule has 5 heterocycles. The molecule has 1 amide bonds. The van der Waals surface area contributed by atoms with Crippen molar-refractivity contribution in [2.45, 2.75) is 39.4 Å². The summed E-state index contributed by atoms with van der Waals surface area (Å²) >= 11 is 0. The van der Waals surface area contributed by atoms with Crippen molar-refractivity contribution in [3.63, 3.8) is 0 Å². The number of alkyl halides is 2. The first-order valence-electron chi connectivity index (χ1n) is 11.1. The van der Waals surface area contributed by atoms with Gasteiger partial charge in [-0.2, -0.15) is 5.10 Å². The van der Waals surface area contributed by atoms with E-state index < -0.39 is 6.43 Å². The molecule has 1 N–H and O–H groups in total. The van der Waals surface area contributed by atoms with Crippen molar-refractivity contribution >= 4 is 17.7 Å². The SMILES string of the molecule is Cc1cnc(Nc2ccnn2C)nc1-c1cc2n(c1)CC(C)N(Cc1cc(C(F)F)ccn1)C2=O. The Hall–Kier alpha value is -4.15. The topological polar surface area (TPSA) is 93.8 Å². The second-order valence-corrected chi connectivity index (χ2v) is 8.62. The van der Waals surface area contributed by atoms with Crippen LogP contribution in [0.4, 0.5) is 20.5 Å². The molecule has 1 aliphatic heterocycles. The molecule has 0 fully saturated rings. The number of amides is 1. The van der Waals surface area contributed by atoms with Crippen LogP contribution in [0.25, 0.3) is 11.3 Å². The maximum atomic E-state index is 13.4. The average molecular weight is 479 g/mol. The summed E-state index contributed by atoms with van der Waals surface area (Å²) < 4.78 is 29.8. The van der Waals surface area contributed by atoms with Gasteiger partial charge in [0.1, 0.15) is 11.5 Å². The van der Waals surface area contributed by atoms with Crippen LogP contribution in [0.5, 0.6) is 0 Å². The van der Waals surface area contributed by atoms with Crippen LogP contribution in [0.1, 0.15) is 40.7 Å². The van der Waals surface area contributed by atoms with Crippen molar-refractivity contribution in [1.29, 1.82) is 0 Å². The van der Waals surface area contributed by atoms with Crippen LogP contribution in [-0.4, -0.2) is 46.1 Å². The lowest BCUT2D eigenvalue weighted by atomic mass is 10.1. The summed E-state index contributed by atoms with van der Waals surface area (Å²) in [4.78, 5) is 28.3. The van der Waals surface area contributed by atoms with E-state index in [1.54, 1.807) is 22.0 Å². The number of rotatable bonds is 6. The van der Waals surface area contributed by atoms with Gasteiger partial charge in [-0.15, -0.1) is 0 Å². The second kappa shape index (κ2) is 8.90. The third-order valence-corrected chi connectivity index (χ3v) is 6.10. The number of hydrogen-bond donors (Lipinski definition) is 1. The molecular formula is C24H24F2N8O. The van der Waals surface area contributed by atoms with Crippen LogP contribution in [0.3, 0.4) is 0 Å². The number of halogens is 2. The molecule has 9 nitrogen and oxygen atoms in total. The first kappa shape index (κ1) is 22.6. The van der Waals surface area contributed by atoms with E-state index in [2.05, 4.69) is 25.4 Å². The predicted molar refractivity (Wildman–Crippen MR) is 125 cm³/mol. The van der Waals surface area contributed by atoms with Crippen molar-refractivity contribution in [3.05, 3.63) is 71.6 Å². The summed E-state index contributed by atoms with van der Waals surface area (Å²) in [6, 6.07) is 6.13. The molecule has 4 aromatic rings. The summed E-state index contributed by atoms with van der Waals surface area (Å²) in [5, 5.41) is 7.28. The third-order valence-electron chi connectivity index (χ3n) is 6.10. The van der Waals surface area contributed by atoms with Crippen molar-refractivity contribution in [2.75, 3.05) is 5.32 Å². The Labute approximate surface area is 200 Å². The standard InChI is InChI=1S/C24H24F2N8O/c1-14-10-28-24(30-20-5-7-29-32(20)3)31-21(14)17-9-19-23(35)34(15(2)11-33(19)12-17)13-18-8-16(22(25)26)4-6-27-18/h4-10,12,15,22H,11,13H2,1-3H3,(H,28,30,31). The molecule has 1 atom stereocenters. The minimum Gasteiger partial charge on any atom is -0.341 e. The fraction of sp³-hybridized carbons (Fsp3) is 0.292. The van der Waals surface area contributed by atoms with Crippen LogP contribution in [0.2, 0.25) is 0 Å². The van der Waals surface area contributed by atoms with Gasteiger partial charge < -0.3 is 14.8 Å². The lowest BCUT2D eigenvalue weighted by Gasteiger charge is -2.34. The summed E-state index contributed by atoms with van der Waals surface area (Å²) in [7, 11) is 1.82. The van der Waals surface area contributed by atoms with E-state index in [-0.39, 0.29) is 24.1 Å². The third kappa shape index (κ3) is 4.36. The highest BCUT2D eigenvalue weighted by atomic mass is 19.3. The number of fused-ring (bicyclic) bond motifs is 1. The van der Waals surface area contributed by atoms with Crippen molar-refractivity contribution in [1.82, 2.24) is 34.2 Å². The minimum absolute atomic E-state index is 0.104. The van der Waals surface area contributed by atoms with Gasteiger partial charge in [0, 0.05) is 55.4 Å². The van der Waals surface area contributed by atoms with Gasteiger partial charge in [0.15, 0.2) is 0 Å². The van der Waals surface area contributed by atoms with Crippen LogP contribution >= 0.6 is 0 Å². The van der Waals surface area contributed by atoms with Crippen LogP contribution in [0, 0.1) is 6.92 Å². The van der Waals surface area contributed by atoms with Crippen LogP contribution in [-0.2, 0) is 20.1 Å². The smallest absolute Gasteiger partial charge is 0.271 e. The summed E-state index contributed by atoms with van der Waals surface area (Å²) in [5.41, 5.74) is 3.22. The Kier molecular flexibility index (Phi) is 5.75. The average Bonchev–Trinajstić information content (AvgIpc) is 3.44. The number of nitrogens with zero attached hydrogens (tertiary/aromatic N) is 7. The largest absolute Gasteiger partial charge is 0.341 e. The maximum absolute atomic E-state index is 13.4. The molecule has 0 saturated heterocycles. The van der Waals surface area contributed by atoms with E-state index in [9.17, 15) is 13.6 Å². The minimum atomic E-state index is -2.58. The molecule has 5 rings (SSSR count). The highest BCUT2D eigenvalue weighted by Crippen LogP contribution is 2.29. The van der Waals surface area contributed by atoms with Gasteiger partial charge in [-0.1, -0.05) is 0 Å². The van der Waals surface area contributed by atoms with E-state index in [0.717, 1.165) is 16.9 Å². The number of nitrogens with one attached hydrogen (secondary N) is 1. The normalized spacial score (nSPS) is 15.5. The number of aromatic nitrogens is 6. The molecule has 0 saturated carbocycles. The van der Waals surface area contributed by atoms with Gasteiger partial charge >= 0.3 is 0 Å². The van der Waals surface area contributed by atoms with E-state index in [1.165, 1.54) is 18.3 Å². The van der Waals surface area contributed by atoms with Gasteiger partial charge in [0.05, 0.1) is 24.1 Å². The molecule has 180 valence electrons. The second-order valence-electron chi connectivity index (χ2n) is 8.62. The van der Waals surface area contributed by atoms with E-state index >= 15 is 0 Å². The van der Waals surface area contributed by atoms with Crippen LogP contribution < -0.4 is 5.32 Å².